The number of sulfone groups is 1. The van der Waals surface area contributed by atoms with E-state index in [4.69, 9.17) is 4.74 Å². The first-order valence-electron chi connectivity index (χ1n) is 24.7. The van der Waals surface area contributed by atoms with Gasteiger partial charge >= 0.3 is 6.09 Å². The summed E-state index contributed by atoms with van der Waals surface area (Å²) in [5.41, 5.74) is 2.00. The molecule has 66 heavy (non-hydrogen) atoms. The van der Waals surface area contributed by atoms with Crippen LogP contribution >= 0.6 is 0 Å². The zero-order valence-corrected chi connectivity index (χ0v) is 39.5. The minimum Gasteiger partial charge on any atom is -0.453 e. The predicted molar refractivity (Wildman–Crippen MR) is 249 cm³/mol. The molecule has 0 aromatic heterocycles. The summed E-state index contributed by atoms with van der Waals surface area (Å²) in [6.07, 6.45) is 11.4. The minimum atomic E-state index is -3.74. The molecule has 360 valence electrons. The van der Waals surface area contributed by atoms with Gasteiger partial charge in [0.05, 0.1) is 12.0 Å². The monoisotopic (exact) mass is 933 g/mol. The number of alkyl carbamates (subject to hydrolysis) is 1. The fourth-order valence-electron chi connectivity index (χ4n) is 12.5. The van der Waals surface area contributed by atoms with Crippen molar-refractivity contribution in [3.8, 4) is 0 Å². The summed E-state index contributed by atoms with van der Waals surface area (Å²) in [5, 5.41) is 2.46. The molecule has 0 spiro atoms. The predicted octanol–water partition coefficient (Wildman–Crippen LogP) is 5.24. The maximum absolute atomic E-state index is 15.2. The topological polar surface area (TPSA) is 126 Å². The van der Waals surface area contributed by atoms with Crippen LogP contribution in [-0.2, 0) is 36.1 Å². The van der Waals surface area contributed by atoms with Gasteiger partial charge in [0.25, 0.3) is 0 Å². The fourth-order valence-corrected chi connectivity index (χ4v) is 14.3. The van der Waals surface area contributed by atoms with Gasteiger partial charge in [0.2, 0.25) is 11.8 Å². The van der Waals surface area contributed by atoms with Gasteiger partial charge in [-0.3, -0.25) is 19.4 Å². The van der Waals surface area contributed by atoms with E-state index in [2.05, 4.69) is 20.0 Å². The van der Waals surface area contributed by atoms with Crippen molar-refractivity contribution in [2.75, 3.05) is 104 Å². The Kier molecular flexibility index (Phi) is 14.4. The normalized spacial score (nSPS) is 25.5. The largest absolute Gasteiger partial charge is 0.453 e. The van der Waals surface area contributed by atoms with Crippen LogP contribution in [0, 0.1) is 23.6 Å². The lowest BCUT2D eigenvalue weighted by Crippen LogP contribution is -2.58. The molecule has 2 aromatic carbocycles. The van der Waals surface area contributed by atoms with Crippen LogP contribution in [0.2, 0.25) is 0 Å². The summed E-state index contributed by atoms with van der Waals surface area (Å²) in [6.45, 7) is 9.58. The SMILES string of the molecule is COC(=O)N[C@H]1CCC[C@@H]1[C@](CN1CCCC1=O)(c1cccc(F)c1)C1CCN(CC2CN(c3ccc(S(=O)(=O)C4CN(C(=O)/C=C/CN5CCCCC5)C4)c(CN4CC(F)C4)c3)C2)CC1. The van der Waals surface area contributed by atoms with E-state index < -0.39 is 32.8 Å². The van der Waals surface area contributed by atoms with E-state index in [0.29, 0.717) is 37.5 Å². The van der Waals surface area contributed by atoms with Crippen LogP contribution in [0.5, 0.6) is 0 Å². The second kappa shape index (κ2) is 20.2. The third-order valence-corrected chi connectivity index (χ3v) is 18.3. The number of carbonyl (C=O) groups is 3. The van der Waals surface area contributed by atoms with Crippen molar-refractivity contribution in [3.05, 3.63) is 71.6 Å². The molecule has 0 unspecified atom stereocenters. The Balaban J connectivity index is 0.842. The number of anilines is 1. The number of halogens is 2. The Morgan fingerprint density at radius 1 is 0.864 bits per heavy atom. The number of rotatable bonds is 16. The number of nitrogens with zero attached hydrogens (tertiary/aromatic N) is 6. The van der Waals surface area contributed by atoms with Gasteiger partial charge in [-0.1, -0.05) is 31.1 Å². The molecule has 1 saturated carbocycles. The molecular weight excluding hydrogens is 865 g/mol. The Morgan fingerprint density at radius 3 is 2.33 bits per heavy atom. The molecule has 16 heteroatoms. The molecule has 6 aliphatic heterocycles. The van der Waals surface area contributed by atoms with E-state index in [-0.39, 0.29) is 66.6 Å². The highest BCUT2D eigenvalue weighted by molar-refractivity contribution is 7.92. The number of methoxy groups -OCH3 is 1. The van der Waals surface area contributed by atoms with Crippen LogP contribution in [0.4, 0.5) is 19.3 Å². The smallest absolute Gasteiger partial charge is 0.407 e. The highest BCUT2D eigenvalue weighted by Gasteiger charge is 2.54. The molecule has 13 nitrogen and oxygen atoms in total. The molecule has 0 bridgehead atoms. The number of hydrogen-bond acceptors (Lipinski definition) is 10. The molecule has 7 fully saturated rings. The van der Waals surface area contributed by atoms with E-state index in [1.807, 2.05) is 34.1 Å². The molecule has 6 saturated heterocycles. The number of benzene rings is 2. The molecule has 7 aliphatic rings. The lowest BCUT2D eigenvalue weighted by Gasteiger charge is -2.52. The zero-order chi connectivity index (χ0) is 46.0. The fraction of sp³-hybridized carbons (Fsp3) is 0.660. The van der Waals surface area contributed by atoms with Gasteiger partial charge in [0.15, 0.2) is 9.84 Å². The van der Waals surface area contributed by atoms with E-state index in [0.717, 1.165) is 102 Å². The van der Waals surface area contributed by atoms with E-state index in [9.17, 15) is 27.2 Å². The van der Waals surface area contributed by atoms with Gasteiger partial charge in [-0.05, 0) is 124 Å². The van der Waals surface area contributed by atoms with Crippen LogP contribution in [0.1, 0.15) is 75.3 Å². The molecule has 1 aliphatic carbocycles. The van der Waals surface area contributed by atoms with Gasteiger partial charge in [0, 0.05) is 108 Å². The summed E-state index contributed by atoms with van der Waals surface area (Å²) >= 11 is 0. The van der Waals surface area contributed by atoms with Crippen molar-refractivity contribution in [1.82, 2.24) is 29.8 Å². The number of ether oxygens (including phenoxy) is 1. The third kappa shape index (κ3) is 10.0. The average molecular weight is 934 g/mol. The number of hydrogen-bond donors (Lipinski definition) is 1. The number of carbonyl (C=O) groups excluding carboxylic acids is 3. The number of likely N-dealkylation sites (tertiary alicyclic amines) is 5. The minimum absolute atomic E-state index is 0.00317. The number of piperidine rings is 2. The molecule has 3 atom stereocenters. The summed E-state index contributed by atoms with van der Waals surface area (Å²) in [7, 11) is -2.36. The first-order valence-corrected chi connectivity index (χ1v) is 26.2. The maximum Gasteiger partial charge on any atom is 0.407 e. The Hall–Kier alpha value is -4.12. The van der Waals surface area contributed by atoms with Crippen molar-refractivity contribution in [3.63, 3.8) is 0 Å². The lowest BCUT2D eigenvalue weighted by molar-refractivity contribution is -0.130. The molecule has 6 heterocycles. The van der Waals surface area contributed by atoms with Gasteiger partial charge in [-0.2, -0.15) is 0 Å². The highest BCUT2D eigenvalue weighted by atomic mass is 32.2. The molecule has 2 aromatic rings. The van der Waals surface area contributed by atoms with Crippen molar-refractivity contribution in [2.24, 2.45) is 17.8 Å². The molecule has 9 rings (SSSR count). The summed E-state index contributed by atoms with van der Waals surface area (Å²) in [5.74, 6) is 0.272. The van der Waals surface area contributed by atoms with E-state index in [1.165, 1.54) is 32.4 Å². The molecular formula is C50H69F2N7O6S. The Bertz CT molecular complexity index is 2200. The van der Waals surface area contributed by atoms with Crippen LogP contribution in [-0.4, -0.2) is 167 Å². The van der Waals surface area contributed by atoms with Crippen molar-refractivity contribution in [2.45, 2.75) is 98.5 Å². The van der Waals surface area contributed by atoms with Gasteiger partial charge in [0.1, 0.15) is 17.2 Å². The zero-order valence-electron chi connectivity index (χ0n) is 38.6. The van der Waals surface area contributed by atoms with Crippen molar-refractivity contribution in [1.29, 1.82) is 0 Å². The first-order chi connectivity index (χ1) is 31.9. The van der Waals surface area contributed by atoms with Gasteiger partial charge < -0.3 is 29.7 Å². The molecule has 1 N–H and O–H groups in total. The summed E-state index contributed by atoms with van der Waals surface area (Å²) in [4.78, 5) is 51.8. The highest BCUT2D eigenvalue weighted by Crippen LogP contribution is 2.51. The number of nitrogens with one attached hydrogen (secondary N) is 1. The Labute approximate surface area is 389 Å². The van der Waals surface area contributed by atoms with Crippen molar-refractivity contribution < 1.29 is 36.3 Å². The van der Waals surface area contributed by atoms with E-state index in [1.54, 1.807) is 29.2 Å². The molecule has 3 amide bonds. The van der Waals surface area contributed by atoms with Crippen LogP contribution in [0.15, 0.2) is 59.5 Å². The second-order valence-corrected chi connectivity index (χ2v) is 22.5. The standard InChI is InChI=1S/C50H69F2N7O6S/c1-65-49(62)53-45-12-6-11-44(45)50(35-57-22-8-14-47(57)60,39-9-5-10-40(51)26-39)38-17-23-55(24-18-38)27-36-28-58(29-36)42-15-16-46(37(25-42)30-56-31-41(52)32-56)66(63,64)43-33-59(34-43)48(61)13-7-21-54-19-3-2-4-20-54/h5,7,9-10,13,15-16,25-26,36,38,41,43-45H,2-4,6,8,11-12,14,17-24,27-35H2,1H3,(H,53,62)/b13-7+/t44-,45-,50-/m0/s1. The van der Waals surface area contributed by atoms with Crippen LogP contribution in [0.3, 0.4) is 0 Å². The van der Waals surface area contributed by atoms with Gasteiger partial charge in [-0.15, -0.1) is 0 Å². The lowest BCUT2D eigenvalue weighted by atomic mass is 9.58. The Morgan fingerprint density at radius 2 is 1.64 bits per heavy atom. The third-order valence-electron chi connectivity index (χ3n) is 16.1. The maximum atomic E-state index is 15.2. The molecule has 0 radical (unpaired) electrons. The van der Waals surface area contributed by atoms with Crippen LogP contribution < -0.4 is 10.2 Å². The summed E-state index contributed by atoms with van der Waals surface area (Å²) < 4.78 is 62.5. The van der Waals surface area contributed by atoms with Crippen LogP contribution in [0.25, 0.3) is 0 Å². The quantitative estimate of drug-likeness (QED) is 0.224. The first kappa shape index (κ1) is 47.0. The van der Waals surface area contributed by atoms with E-state index >= 15 is 4.39 Å². The number of alkyl halides is 1. The summed E-state index contributed by atoms with van der Waals surface area (Å²) in [6, 6.07) is 12.4. The average Bonchev–Trinajstić information content (AvgIpc) is 3.91. The van der Waals surface area contributed by atoms with Crippen molar-refractivity contribution >= 4 is 33.4 Å². The second-order valence-electron chi connectivity index (χ2n) is 20.4. The van der Waals surface area contributed by atoms with Gasteiger partial charge in [-0.25, -0.2) is 22.0 Å². The number of amides is 3.